The third-order valence-corrected chi connectivity index (χ3v) is 5.12. The summed E-state index contributed by atoms with van der Waals surface area (Å²) >= 11 is 0. The van der Waals surface area contributed by atoms with Crippen LogP contribution in [0.3, 0.4) is 0 Å². The predicted octanol–water partition coefficient (Wildman–Crippen LogP) is 2.61. The van der Waals surface area contributed by atoms with Crippen molar-refractivity contribution < 1.29 is 18.3 Å². The summed E-state index contributed by atoms with van der Waals surface area (Å²) in [5, 5.41) is 9.83. The fourth-order valence-corrected chi connectivity index (χ4v) is 3.86. The van der Waals surface area contributed by atoms with Crippen molar-refractivity contribution in [3.8, 4) is 0 Å². The molecule has 1 aromatic carbocycles. The molecule has 1 aliphatic rings. The smallest absolute Gasteiger partial charge is 0.335 e. The van der Waals surface area contributed by atoms with Crippen molar-refractivity contribution in [2.75, 3.05) is 0 Å². The number of pyridine rings is 1. The molecule has 6 nitrogen and oxygen atoms in total. The number of hydrogen-bond acceptors (Lipinski definition) is 4. The number of fused-ring (bicyclic) bond motifs is 1. The zero-order valence-electron chi connectivity index (χ0n) is 13.4. The van der Waals surface area contributed by atoms with E-state index in [9.17, 15) is 13.2 Å². The van der Waals surface area contributed by atoms with Crippen LogP contribution >= 0.6 is 0 Å². The minimum Gasteiger partial charge on any atom is -0.478 e. The van der Waals surface area contributed by atoms with Crippen molar-refractivity contribution in [2.24, 2.45) is 5.92 Å². The first-order valence-corrected chi connectivity index (χ1v) is 9.07. The molecule has 1 aromatic heterocycles. The Morgan fingerprint density at radius 2 is 1.92 bits per heavy atom. The summed E-state index contributed by atoms with van der Waals surface area (Å²) in [6.45, 7) is 1.78. The van der Waals surface area contributed by atoms with E-state index < -0.39 is 16.0 Å². The highest BCUT2D eigenvalue weighted by Gasteiger charge is 2.20. The fourth-order valence-electron chi connectivity index (χ4n) is 2.62. The molecule has 0 amide bonds. The second-order valence-corrected chi connectivity index (χ2v) is 7.33. The Morgan fingerprint density at radius 1 is 1.16 bits per heavy atom. The second-order valence-electron chi connectivity index (χ2n) is 5.68. The van der Waals surface area contributed by atoms with Crippen molar-refractivity contribution in [2.45, 2.75) is 11.8 Å². The number of benzene rings is 1. The van der Waals surface area contributed by atoms with Gasteiger partial charge in [-0.3, -0.25) is 9.71 Å². The summed E-state index contributed by atoms with van der Waals surface area (Å²) in [4.78, 5) is 15.4. The number of para-hydroxylation sites is 1. The standard InChI is InChI=1S/C18H16N2O4S/c1-12-10-14(18(21)22)7-8-15(11-12)20-25(23,24)16-6-2-4-13-5-3-9-19-17(13)16/h2-12,20H,1H3,(H,21,22). The zero-order chi connectivity index (χ0) is 18.0. The van der Waals surface area contributed by atoms with Gasteiger partial charge in [0.1, 0.15) is 4.90 Å². The molecule has 1 aliphatic carbocycles. The fraction of sp³-hybridized carbons (Fsp3) is 0.111. The number of carbonyl (C=O) groups is 1. The zero-order valence-corrected chi connectivity index (χ0v) is 14.2. The summed E-state index contributed by atoms with van der Waals surface area (Å²) in [6, 6.07) is 8.46. The molecule has 2 aromatic rings. The van der Waals surface area contributed by atoms with Gasteiger partial charge in [0.25, 0.3) is 10.0 Å². The lowest BCUT2D eigenvalue weighted by Gasteiger charge is -2.11. The van der Waals surface area contributed by atoms with E-state index in [2.05, 4.69) is 9.71 Å². The average Bonchev–Trinajstić information content (AvgIpc) is 2.75. The molecule has 128 valence electrons. The van der Waals surface area contributed by atoms with Crippen LogP contribution in [0.15, 0.2) is 77.0 Å². The number of rotatable bonds is 4. The van der Waals surface area contributed by atoms with Crippen molar-refractivity contribution in [3.63, 3.8) is 0 Å². The van der Waals surface area contributed by atoms with Crippen LogP contribution in [0.4, 0.5) is 0 Å². The van der Waals surface area contributed by atoms with Crippen molar-refractivity contribution >= 4 is 26.9 Å². The van der Waals surface area contributed by atoms with E-state index in [4.69, 9.17) is 5.11 Å². The Balaban J connectivity index is 1.97. The number of aliphatic carboxylic acids is 1. The molecule has 2 N–H and O–H groups in total. The van der Waals surface area contributed by atoms with E-state index >= 15 is 0 Å². The van der Waals surface area contributed by atoms with Gasteiger partial charge in [0, 0.05) is 17.3 Å². The van der Waals surface area contributed by atoms with Crippen LogP contribution in [0.5, 0.6) is 0 Å². The monoisotopic (exact) mass is 356 g/mol. The molecule has 0 bridgehead atoms. The molecule has 0 radical (unpaired) electrons. The highest BCUT2D eigenvalue weighted by Crippen LogP contribution is 2.22. The van der Waals surface area contributed by atoms with E-state index in [1.54, 1.807) is 43.3 Å². The van der Waals surface area contributed by atoms with Crippen LogP contribution in [0.2, 0.25) is 0 Å². The maximum absolute atomic E-state index is 12.8. The maximum Gasteiger partial charge on any atom is 0.335 e. The number of nitrogens with zero attached hydrogens (tertiary/aromatic N) is 1. The molecule has 0 spiro atoms. The van der Waals surface area contributed by atoms with Gasteiger partial charge in [-0.1, -0.05) is 37.3 Å². The topological polar surface area (TPSA) is 96.4 Å². The van der Waals surface area contributed by atoms with Crippen molar-refractivity contribution in [1.82, 2.24) is 9.71 Å². The molecule has 0 aliphatic heterocycles. The molecule has 0 fully saturated rings. The molecule has 7 heteroatoms. The lowest BCUT2D eigenvalue weighted by molar-refractivity contribution is -0.132. The first-order valence-electron chi connectivity index (χ1n) is 7.58. The lowest BCUT2D eigenvalue weighted by atomic mass is 10.1. The largest absolute Gasteiger partial charge is 0.478 e. The lowest BCUT2D eigenvalue weighted by Crippen LogP contribution is -2.23. The van der Waals surface area contributed by atoms with Crippen LogP contribution in [0, 0.1) is 5.92 Å². The van der Waals surface area contributed by atoms with Gasteiger partial charge in [0.2, 0.25) is 0 Å². The van der Waals surface area contributed by atoms with Crippen LogP contribution in [-0.2, 0) is 14.8 Å². The normalized spacial score (nSPS) is 17.6. The van der Waals surface area contributed by atoms with Gasteiger partial charge in [-0.2, -0.15) is 0 Å². The van der Waals surface area contributed by atoms with Gasteiger partial charge in [0.15, 0.2) is 0 Å². The Hall–Kier alpha value is -2.93. The van der Waals surface area contributed by atoms with Gasteiger partial charge in [-0.25, -0.2) is 13.2 Å². The maximum atomic E-state index is 12.8. The molecule has 0 saturated heterocycles. The molecule has 0 saturated carbocycles. The SMILES string of the molecule is CC1C=C(NS(=O)(=O)c2cccc3cccnc23)C=CC(C(=O)O)=C1. The molecule has 1 atom stereocenters. The third-order valence-electron chi connectivity index (χ3n) is 3.71. The highest BCUT2D eigenvalue weighted by atomic mass is 32.2. The molecular weight excluding hydrogens is 340 g/mol. The van der Waals surface area contributed by atoms with Crippen LogP contribution in [-0.4, -0.2) is 24.5 Å². The van der Waals surface area contributed by atoms with Crippen LogP contribution in [0.1, 0.15) is 6.92 Å². The van der Waals surface area contributed by atoms with Gasteiger partial charge in [-0.05, 0) is 30.2 Å². The first kappa shape index (κ1) is 16.9. The van der Waals surface area contributed by atoms with Crippen molar-refractivity contribution in [1.29, 1.82) is 0 Å². The van der Waals surface area contributed by atoms with Gasteiger partial charge in [0.05, 0.1) is 11.1 Å². The summed E-state index contributed by atoms with van der Waals surface area (Å²) in [7, 11) is -3.87. The third kappa shape index (κ3) is 3.61. The number of sulfonamides is 1. The second kappa shape index (κ2) is 6.52. The molecule has 25 heavy (non-hydrogen) atoms. The van der Waals surface area contributed by atoms with Crippen LogP contribution in [0.25, 0.3) is 10.9 Å². The highest BCUT2D eigenvalue weighted by molar-refractivity contribution is 7.89. The molecular formula is C18H16N2O4S. The van der Waals surface area contributed by atoms with E-state index in [-0.39, 0.29) is 16.4 Å². The van der Waals surface area contributed by atoms with E-state index in [1.807, 2.05) is 0 Å². The van der Waals surface area contributed by atoms with Crippen LogP contribution < -0.4 is 4.72 Å². The quantitative estimate of drug-likeness (QED) is 0.878. The summed E-state index contributed by atoms with van der Waals surface area (Å²) in [5.74, 6) is -1.29. The van der Waals surface area contributed by atoms with Crippen molar-refractivity contribution in [3.05, 3.63) is 72.1 Å². The number of hydrogen-bond donors (Lipinski definition) is 2. The summed E-state index contributed by atoms with van der Waals surface area (Å²) in [5.41, 5.74) is 0.811. The Morgan fingerprint density at radius 3 is 2.68 bits per heavy atom. The van der Waals surface area contributed by atoms with Gasteiger partial charge in [-0.15, -0.1) is 0 Å². The number of carboxylic acids is 1. The number of allylic oxidation sites excluding steroid dienone is 3. The molecule has 1 unspecified atom stereocenters. The first-order chi connectivity index (χ1) is 11.9. The van der Waals surface area contributed by atoms with Gasteiger partial charge < -0.3 is 5.11 Å². The summed E-state index contributed by atoms with van der Waals surface area (Å²) < 4.78 is 28.1. The Kier molecular flexibility index (Phi) is 4.41. The minimum atomic E-state index is -3.87. The van der Waals surface area contributed by atoms with E-state index in [1.165, 1.54) is 24.4 Å². The molecule has 1 heterocycles. The predicted molar refractivity (Wildman–Crippen MR) is 94.2 cm³/mol. The molecule has 3 rings (SSSR count). The van der Waals surface area contributed by atoms with E-state index in [0.29, 0.717) is 11.2 Å². The number of nitrogens with one attached hydrogen (secondary N) is 1. The summed E-state index contributed by atoms with van der Waals surface area (Å²) in [6.07, 6.45) is 7.57. The van der Waals surface area contributed by atoms with Gasteiger partial charge >= 0.3 is 5.97 Å². The Labute approximate surface area is 145 Å². The number of aromatic nitrogens is 1. The average molecular weight is 356 g/mol. The van der Waals surface area contributed by atoms with E-state index in [0.717, 1.165) is 5.39 Å². The minimum absolute atomic E-state index is 0.0724. The number of carboxylic acid groups (broad SMARTS) is 1. The Bertz CT molecular complexity index is 1030.